The first-order chi connectivity index (χ1) is 15.5. The maximum atomic E-state index is 13.4. The van der Waals surface area contributed by atoms with Crippen LogP contribution in [0, 0.1) is 0 Å². The van der Waals surface area contributed by atoms with Crippen LogP contribution in [0.4, 0.5) is 29.3 Å². The van der Waals surface area contributed by atoms with Gasteiger partial charge in [0, 0.05) is 35.8 Å². The van der Waals surface area contributed by atoms with Gasteiger partial charge in [0.15, 0.2) is 0 Å². The van der Waals surface area contributed by atoms with Crippen molar-refractivity contribution < 1.29 is 22.8 Å². The molecular formula is C23H21F3N4O2S. The van der Waals surface area contributed by atoms with E-state index in [4.69, 9.17) is 0 Å². The number of nitrogens with one attached hydrogen (secondary N) is 1. The van der Waals surface area contributed by atoms with E-state index >= 15 is 0 Å². The van der Waals surface area contributed by atoms with Gasteiger partial charge in [-0.25, -0.2) is 9.69 Å². The summed E-state index contributed by atoms with van der Waals surface area (Å²) in [6, 6.07) is 12.1. The molecule has 4 rings (SSSR count). The number of alkyl halides is 3. The molecule has 1 aromatic heterocycles. The number of pyridine rings is 1. The van der Waals surface area contributed by atoms with Crippen LogP contribution in [0.25, 0.3) is 10.9 Å². The third-order valence-electron chi connectivity index (χ3n) is 5.60. The van der Waals surface area contributed by atoms with Crippen molar-refractivity contribution >= 4 is 46.0 Å². The van der Waals surface area contributed by atoms with Crippen LogP contribution in [0.5, 0.6) is 0 Å². The van der Waals surface area contributed by atoms with E-state index in [0.29, 0.717) is 0 Å². The molecule has 0 saturated carbocycles. The van der Waals surface area contributed by atoms with Crippen LogP contribution in [0.1, 0.15) is 19.4 Å². The van der Waals surface area contributed by atoms with Crippen LogP contribution >= 0.6 is 11.8 Å². The average molecular weight is 475 g/mol. The Balaban J connectivity index is 1.67. The van der Waals surface area contributed by atoms with Gasteiger partial charge in [-0.05, 0) is 73.6 Å². The molecule has 3 aromatic rings. The summed E-state index contributed by atoms with van der Waals surface area (Å²) in [7, 11) is 1.79. The summed E-state index contributed by atoms with van der Waals surface area (Å²) >= 11 is -0.250. The molecule has 1 aliphatic heterocycles. The van der Waals surface area contributed by atoms with Crippen LogP contribution in [0.3, 0.4) is 0 Å². The van der Waals surface area contributed by atoms with Gasteiger partial charge in [0.1, 0.15) is 5.54 Å². The third-order valence-corrected chi connectivity index (χ3v) is 6.34. The number of urea groups is 1. The largest absolute Gasteiger partial charge is 0.446 e. The Bertz CT molecular complexity index is 1220. The first-order valence-electron chi connectivity index (χ1n) is 10.1. The Hall–Kier alpha value is -3.27. The lowest BCUT2D eigenvalue weighted by molar-refractivity contribution is -0.123. The normalized spacial score (nSPS) is 16.1. The van der Waals surface area contributed by atoms with Gasteiger partial charge in [-0.15, -0.1) is 0 Å². The minimum Gasteiger partial charge on any atom is -0.388 e. The topological polar surface area (TPSA) is 65.5 Å². The number of halogens is 3. The van der Waals surface area contributed by atoms with Crippen molar-refractivity contribution in [1.82, 2.24) is 9.88 Å². The van der Waals surface area contributed by atoms with Gasteiger partial charge in [-0.1, -0.05) is 6.07 Å². The lowest BCUT2D eigenvalue weighted by Gasteiger charge is -2.28. The molecule has 2 heterocycles. The molecule has 172 valence electrons. The number of carbonyl (C=O) groups is 2. The van der Waals surface area contributed by atoms with Crippen molar-refractivity contribution in [1.29, 1.82) is 0 Å². The number of amides is 3. The highest BCUT2D eigenvalue weighted by Gasteiger charge is 2.51. The fourth-order valence-electron chi connectivity index (χ4n) is 3.91. The summed E-state index contributed by atoms with van der Waals surface area (Å²) in [5, 5.41) is 3.98. The Morgan fingerprint density at radius 1 is 1.06 bits per heavy atom. The minimum absolute atomic E-state index is 0.0238. The van der Waals surface area contributed by atoms with E-state index in [0.717, 1.165) is 27.1 Å². The van der Waals surface area contributed by atoms with Crippen molar-refractivity contribution in [3.05, 3.63) is 60.3 Å². The number of carbonyl (C=O) groups excluding carboxylic acids is 2. The molecule has 1 saturated heterocycles. The number of anilines is 2. The fourth-order valence-corrected chi connectivity index (χ4v) is 4.45. The molecule has 33 heavy (non-hydrogen) atoms. The standard InChI is InChI=1S/C23H21F3N4O2S/c1-22(2)20(31)30(15-7-9-16(10-8-15)33-23(24,25)26)21(32)29(22)13-14-11-12-28-18-6-4-5-17(27-3)19(14)18/h4-12,27H,13H2,1-3H3. The summed E-state index contributed by atoms with van der Waals surface area (Å²) in [5.41, 5.74) is -2.92. The molecule has 0 atom stereocenters. The van der Waals surface area contributed by atoms with Crippen LogP contribution in [-0.2, 0) is 11.3 Å². The summed E-state index contributed by atoms with van der Waals surface area (Å²) in [6.45, 7) is 3.47. The SMILES string of the molecule is CNc1cccc2nccc(CN3C(=O)N(c4ccc(SC(F)(F)F)cc4)C(=O)C3(C)C)c12. The smallest absolute Gasteiger partial charge is 0.388 e. The Labute approximate surface area is 192 Å². The fraction of sp³-hybridized carbons (Fsp3) is 0.261. The molecule has 1 N–H and O–H groups in total. The number of hydrogen-bond donors (Lipinski definition) is 1. The van der Waals surface area contributed by atoms with E-state index in [2.05, 4.69) is 10.3 Å². The third kappa shape index (κ3) is 4.22. The molecule has 0 unspecified atom stereocenters. The molecule has 0 spiro atoms. The molecule has 0 bridgehead atoms. The molecule has 6 nitrogen and oxygen atoms in total. The highest BCUT2D eigenvalue weighted by atomic mass is 32.2. The number of thioether (sulfide) groups is 1. The molecule has 1 aliphatic rings. The lowest BCUT2D eigenvalue weighted by atomic mass is 10.0. The molecule has 2 aromatic carbocycles. The number of nitrogens with zero attached hydrogens (tertiary/aromatic N) is 3. The first-order valence-corrected chi connectivity index (χ1v) is 10.9. The second kappa shape index (κ2) is 8.26. The molecule has 1 fully saturated rings. The molecule has 10 heteroatoms. The number of hydrogen-bond acceptors (Lipinski definition) is 5. The average Bonchev–Trinajstić information content (AvgIpc) is 2.92. The zero-order valence-electron chi connectivity index (χ0n) is 18.1. The van der Waals surface area contributed by atoms with E-state index in [1.54, 1.807) is 27.1 Å². The number of imide groups is 1. The zero-order chi connectivity index (χ0) is 24.0. The molecule has 3 amide bonds. The number of rotatable bonds is 5. The Kier molecular flexibility index (Phi) is 5.73. The van der Waals surface area contributed by atoms with Crippen LogP contribution in [0.15, 0.2) is 59.6 Å². The molecular weight excluding hydrogens is 453 g/mol. The zero-order valence-corrected chi connectivity index (χ0v) is 18.9. The van der Waals surface area contributed by atoms with Gasteiger partial charge in [0.25, 0.3) is 5.91 Å². The van der Waals surface area contributed by atoms with Gasteiger partial charge < -0.3 is 10.2 Å². The predicted octanol–water partition coefficient (Wildman–Crippen LogP) is 5.64. The molecule has 0 radical (unpaired) electrons. The van der Waals surface area contributed by atoms with Gasteiger partial charge in [-0.2, -0.15) is 13.2 Å². The van der Waals surface area contributed by atoms with Gasteiger partial charge in [0.2, 0.25) is 0 Å². The van der Waals surface area contributed by atoms with E-state index in [9.17, 15) is 22.8 Å². The Morgan fingerprint density at radius 3 is 2.39 bits per heavy atom. The summed E-state index contributed by atoms with van der Waals surface area (Å²) < 4.78 is 37.9. The van der Waals surface area contributed by atoms with Crippen molar-refractivity contribution in [2.24, 2.45) is 0 Å². The highest BCUT2D eigenvalue weighted by molar-refractivity contribution is 8.00. The van der Waals surface area contributed by atoms with Crippen molar-refractivity contribution in [2.45, 2.75) is 36.3 Å². The summed E-state index contributed by atoms with van der Waals surface area (Å²) in [5.74, 6) is -0.448. The quantitative estimate of drug-likeness (QED) is 0.383. The maximum Gasteiger partial charge on any atom is 0.446 e. The van der Waals surface area contributed by atoms with Crippen molar-refractivity contribution in [3.8, 4) is 0 Å². The number of aromatic nitrogens is 1. The predicted molar refractivity (Wildman–Crippen MR) is 122 cm³/mol. The lowest BCUT2D eigenvalue weighted by Crippen LogP contribution is -2.43. The van der Waals surface area contributed by atoms with Crippen LogP contribution in [-0.4, -0.2) is 39.9 Å². The van der Waals surface area contributed by atoms with E-state index in [1.807, 2.05) is 24.3 Å². The van der Waals surface area contributed by atoms with Crippen LogP contribution < -0.4 is 10.2 Å². The first kappa shape index (κ1) is 22.9. The van der Waals surface area contributed by atoms with E-state index < -0.39 is 23.0 Å². The second-order valence-electron chi connectivity index (χ2n) is 8.03. The Morgan fingerprint density at radius 2 is 1.76 bits per heavy atom. The number of benzene rings is 2. The number of fused-ring (bicyclic) bond motifs is 1. The van der Waals surface area contributed by atoms with E-state index in [1.165, 1.54) is 29.2 Å². The molecule has 0 aliphatic carbocycles. The van der Waals surface area contributed by atoms with Crippen LogP contribution in [0.2, 0.25) is 0 Å². The monoisotopic (exact) mass is 474 g/mol. The second-order valence-corrected chi connectivity index (χ2v) is 9.17. The van der Waals surface area contributed by atoms with Gasteiger partial charge >= 0.3 is 11.5 Å². The van der Waals surface area contributed by atoms with E-state index in [-0.39, 0.29) is 28.9 Å². The highest BCUT2D eigenvalue weighted by Crippen LogP contribution is 2.39. The summed E-state index contributed by atoms with van der Waals surface area (Å²) in [6.07, 6.45) is 1.65. The maximum absolute atomic E-state index is 13.4. The van der Waals surface area contributed by atoms with Gasteiger partial charge in [0.05, 0.1) is 11.2 Å². The summed E-state index contributed by atoms with van der Waals surface area (Å²) in [4.78, 5) is 33.4. The minimum atomic E-state index is -4.42. The van der Waals surface area contributed by atoms with Crippen molar-refractivity contribution in [2.75, 3.05) is 17.3 Å². The van der Waals surface area contributed by atoms with Gasteiger partial charge in [-0.3, -0.25) is 9.78 Å². The van der Waals surface area contributed by atoms with Crippen molar-refractivity contribution in [3.63, 3.8) is 0 Å².